The molecule has 0 atom stereocenters. The van der Waals surface area contributed by atoms with Gasteiger partial charge in [-0.05, 0) is 25.0 Å². The number of anilines is 1. The second-order valence-electron chi connectivity index (χ2n) is 4.51. The summed E-state index contributed by atoms with van der Waals surface area (Å²) in [6.07, 6.45) is 3.71. The molecular formula is C13H13N3O4. The molecule has 0 radical (unpaired) electrons. The van der Waals surface area contributed by atoms with Crippen LogP contribution in [0, 0.1) is 0 Å². The van der Waals surface area contributed by atoms with Gasteiger partial charge in [0.25, 0.3) is 0 Å². The number of carboxylic acid groups (broad SMARTS) is 1. The van der Waals surface area contributed by atoms with E-state index in [2.05, 4.69) is 15.5 Å². The van der Waals surface area contributed by atoms with E-state index >= 15 is 0 Å². The molecule has 2 aromatic heterocycles. The number of nitrogens with one attached hydrogen (secondary N) is 1. The van der Waals surface area contributed by atoms with E-state index in [1.54, 1.807) is 12.1 Å². The van der Waals surface area contributed by atoms with E-state index in [-0.39, 0.29) is 11.8 Å². The maximum Gasteiger partial charge on any atom is 0.354 e. The topological polar surface area (TPSA) is 97.5 Å². The third-order valence-corrected chi connectivity index (χ3v) is 2.82. The van der Waals surface area contributed by atoms with E-state index in [0.29, 0.717) is 23.8 Å². The van der Waals surface area contributed by atoms with Crippen LogP contribution in [0.2, 0.25) is 0 Å². The van der Waals surface area contributed by atoms with Gasteiger partial charge in [0.2, 0.25) is 0 Å². The number of carbonyl (C=O) groups is 1. The summed E-state index contributed by atoms with van der Waals surface area (Å²) in [7, 11) is 0. The number of hydrogen-bond acceptors (Lipinski definition) is 6. The van der Waals surface area contributed by atoms with Crippen LogP contribution < -0.4 is 10.1 Å². The Balaban J connectivity index is 1.79. The molecule has 3 rings (SSSR count). The molecule has 0 bridgehead atoms. The molecule has 7 heteroatoms. The standard InChI is InChI=1S/C13H13N3O4/c17-13(18)10-3-4-11(20-9-1-2-9)12(15-10)14-7-8-5-6-19-16-8/h3-6,9H,1-2,7H2,(H,14,15)(H,17,18). The third kappa shape index (κ3) is 2.87. The Kier molecular flexibility index (Phi) is 3.24. The van der Waals surface area contributed by atoms with Crippen LogP contribution in [-0.4, -0.2) is 27.3 Å². The Morgan fingerprint density at radius 1 is 1.45 bits per heavy atom. The average Bonchev–Trinajstić information content (AvgIpc) is 3.10. The maximum absolute atomic E-state index is 11.0. The zero-order valence-corrected chi connectivity index (χ0v) is 10.6. The minimum atomic E-state index is -1.08. The van der Waals surface area contributed by atoms with Crippen molar-refractivity contribution in [2.24, 2.45) is 0 Å². The molecule has 1 aliphatic carbocycles. The minimum absolute atomic E-state index is 0.0317. The quantitative estimate of drug-likeness (QED) is 0.831. The predicted octanol–water partition coefficient (Wildman–Crippen LogP) is 1.92. The van der Waals surface area contributed by atoms with Crippen molar-refractivity contribution in [2.45, 2.75) is 25.5 Å². The van der Waals surface area contributed by atoms with Gasteiger partial charge in [-0.3, -0.25) is 0 Å². The Morgan fingerprint density at radius 2 is 2.30 bits per heavy atom. The molecule has 0 unspecified atom stereocenters. The van der Waals surface area contributed by atoms with E-state index in [1.807, 2.05) is 0 Å². The van der Waals surface area contributed by atoms with Gasteiger partial charge in [0.15, 0.2) is 17.3 Å². The van der Waals surface area contributed by atoms with Crippen LogP contribution in [0.3, 0.4) is 0 Å². The number of aromatic nitrogens is 2. The number of rotatable bonds is 6. The Hall–Kier alpha value is -2.57. The molecule has 2 heterocycles. The molecule has 2 N–H and O–H groups in total. The van der Waals surface area contributed by atoms with Gasteiger partial charge in [-0.2, -0.15) is 0 Å². The van der Waals surface area contributed by atoms with Gasteiger partial charge in [0.1, 0.15) is 12.0 Å². The first kappa shape index (κ1) is 12.5. The molecule has 1 fully saturated rings. The van der Waals surface area contributed by atoms with Gasteiger partial charge in [-0.25, -0.2) is 9.78 Å². The first-order valence-electron chi connectivity index (χ1n) is 6.26. The largest absolute Gasteiger partial charge is 0.487 e. The third-order valence-electron chi connectivity index (χ3n) is 2.82. The number of nitrogens with zero attached hydrogens (tertiary/aromatic N) is 2. The molecule has 2 aromatic rings. The van der Waals surface area contributed by atoms with E-state index in [4.69, 9.17) is 14.4 Å². The fourth-order valence-electron chi connectivity index (χ4n) is 1.66. The number of pyridine rings is 1. The maximum atomic E-state index is 11.0. The summed E-state index contributed by atoms with van der Waals surface area (Å²) in [5.74, 6) is -0.117. The van der Waals surface area contributed by atoms with Gasteiger partial charge < -0.3 is 19.7 Å². The van der Waals surface area contributed by atoms with Crippen molar-refractivity contribution >= 4 is 11.8 Å². The zero-order valence-electron chi connectivity index (χ0n) is 10.6. The molecule has 1 aliphatic rings. The first-order chi connectivity index (χ1) is 9.72. The molecule has 7 nitrogen and oxygen atoms in total. The van der Waals surface area contributed by atoms with Crippen LogP contribution in [0.1, 0.15) is 29.0 Å². The second kappa shape index (κ2) is 5.20. The van der Waals surface area contributed by atoms with Crippen LogP contribution in [0.15, 0.2) is 29.0 Å². The molecule has 0 amide bonds. The molecule has 1 saturated carbocycles. The molecule has 20 heavy (non-hydrogen) atoms. The van der Waals surface area contributed by atoms with Gasteiger partial charge >= 0.3 is 5.97 Å². The smallest absolute Gasteiger partial charge is 0.354 e. The fraction of sp³-hybridized carbons (Fsp3) is 0.308. The van der Waals surface area contributed by atoms with Crippen molar-refractivity contribution in [3.05, 3.63) is 35.9 Å². The highest BCUT2D eigenvalue weighted by Gasteiger charge is 2.25. The van der Waals surface area contributed by atoms with E-state index in [0.717, 1.165) is 12.8 Å². The number of hydrogen-bond donors (Lipinski definition) is 2. The highest BCUT2D eigenvalue weighted by Crippen LogP contribution is 2.31. The summed E-state index contributed by atoms with van der Waals surface area (Å²) in [4.78, 5) is 15.0. The lowest BCUT2D eigenvalue weighted by Crippen LogP contribution is -2.09. The molecule has 0 saturated heterocycles. The summed E-state index contributed by atoms with van der Waals surface area (Å²) in [6.45, 7) is 0.383. The monoisotopic (exact) mass is 275 g/mol. The van der Waals surface area contributed by atoms with Crippen molar-refractivity contribution in [3.8, 4) is 5.75 Å². The number of carboxylic acids is 1. The predicted molar refractivity (Wildman–Crippen MR) is 68.7 cm³/mol. The van der Waals surface area contributed by atoms with Gasteiger partial charge in [0, 0.05) is 6.07 Å². The Morgan fingerprint density at radius 3 is 2.95 bits per heavy atom. The second-order valence-corrected chi connectivity index (χ2v) is 4.51. The molecule has 0 spiro atoms. The highest BCUT2D eigenvalue weighted by molar-refractivity contribution is 5.86. The fourth-order valence-corrected chi connectivity index (χ4v) is 1.66. The van der Waals surface area contributed by atoms with Crippen LogP contribution in [0.5, 0.6) is 5.75 Å². The SMILES string of the molecule is O=C(O)c1ccc(OC2CC2)c(NCc2ccon2)n1. The Labute approximate surface area is 114 Å². The molecule has 104 valence electrons. The average molecular weight is 275 g/mol. The summed E-state index contributed by atoms with van der Waals surface area (Å²) < 4.78 is 10.4. The van der Waals surface area contributed by atoms with Crippen LogP contribution in [0.4, 0.5) is 5.82 Å². The molecule has 0 aliphatic heterocycles. The van der Waals surface area contributed by atoms with Crippen LogP contribution in [0.25, 0.3) is 0 Å². The minimum Gasteiger partial charge on any atom is -0.487 e. The highest BCUT2D eigenvalue weighted by atomic mass is 16.5. The van der Waals surface area contributed by atoms with Crippen LogP contribution in [-0.2, 0) is 6.54 Å². The summed E-state index contributed by atoms with van der Waals surface area (Å²) in [5.41, 5.74) is 0.667. The lowest BCUT2D eigenvalue weighted by Gasteiger charge is -2.11. The zero-order chi connectivity index (χ0) is 13.9. The summed E-state index contributed by atoms with van der Waals surface area (Å²) in [5, 5.41) is 15.8. The number of aromatic carboxylic acids is 1. The lowest BCUT2D eigenvalue weighted by molar-refractivity contribution is 0.0690. The normalized spacial score (nSPS) is 14.0. The van der Waals surface area contributed by atoms with E-state index in [9.17, 15) is 4.79 Å². The van der Waals surface area contributed by atoms with Gasteiger partial charge in [0.05, 0.1) is 12.6 Å². The van der Waals surface area contributed by atoms with E-state index in [1.165, 1.54) is 12.3 Å². The summed E-state index contributed by atoms with van der Waals surface area (Å²) in [6, 6.07) is 4.77. The van der Waals surface area contributed by atoms with Crippen molar-refractivity contribution in [1.29, 1.82) is 0 Å². The molecule has 0 aromatic carbocycles. The van der Waals surface area contributed by atoms with Crippen molar-refractivity contribution < 1.29 is 19.2 Å². The van der Waals surface area contributed by atoms with Crippen LogP contribution >= 0.6 is 0 Å². The lowest BCUT2D eigenvalue weighted by atomic mass is 10.3. The van der Waals surface area contributed by atoms with Gasteiger partial charge in [-0.1, -0.05) is 5.16 Å². The van der Waals surface area contributed by atoms with E-state index < -0.39 is 5.97 Å². The van der Waals surface area contributed by atoms with Crippen molar-refractivity contribution in [3.63, 3.8) is 0 Å². The molecular weight excluding hydrogens is 262 g/mol. The van der Waals surface area contributed by atoms with Crippen molar-refractivity contribution in [1.82, 2.24) is 10.1 Å². The summed E-state index contributed by atoms with van der Waals surface area (Å²) >= 11 is 0. The van der Waals surface area contributed by atoms with Gasteiger partial charge in [-0.15, -0.1) is 0 Å². The first-order valence-corrected chi connectivity index (χ1v) is 6.26. The Bertz CT molecular complexity index is 608. The number of ether oxygens (including phenoxy) is 1. The van der Waals surface area contributed by atoms with Crippen molar-refractivity contribution in [2.75, 3.05) is 5.32 Å².